The minimum Gasteiger partial charge on any atom is -0.497 e. The molecule has 0 bridgehead atoms. The molecule has 0 saturated carbocycles. The molecule has 2 aromatic heterocycles. The van der Waals surface area contributed by atoms with Gasteiger partial charge in [0, 0.05) is 18.5 Å². The van der Waals surface area contributed by atoms with Gasteiger partial charge in [-0.3, -0.25) is 4.79 Å². The molecule has 2 heterocycles. The van der Waals surface area contributed by atoms with Crippen molar-refractivity contribution in [3.63, 3.8) is 0 Å². The maximum absolute atomic E-state index is 12.2. The summed E-state index contributed by atoms with van der Waals surface area (Å²) in [6.45, 7) is 0.510. The number of rotatable bonds is 5. The van der Waals surface area contributed by atoms with E-state index in [0.717, 1.165) is 0 Å². The fraction of sp³-hybridized carbons (Fsp3) is 0.125. The minimum atomic E-state index is -0.367. The van der Waals surface area contributed by atoms with Crippen LogP contribution < -0.4 is 10.1 Å². The van der Waals surface area contributed by atoms with Crippen LogP contribution in [-0.4, -0.2) is 22.6 Å². The lowest BCUT2D eigenvalue weighted by Gasteiger charge is -2.07. The zero-order valence-electron chi connectivity index (χ0n) is 12.3. The molecule has 6 nitrogen and oxygen atoms in total. The van der Waals surface area contributed by atoms with Crippen LogP contribution in [0.3, 0.4) is 0 Å². The van der Waals surface area contributed by atoms with Crippen LogP contribution in [0.5, 0.6) is 5.75 Å². The number of anilines is 1. The first-order chi connectivity index (χ1) is 11.2. The van der Waals surface area contributed by atoms with Crippen LogP contribution >= 0.6 is 11.6 Å². The second-order valence-electron chi connectivity index (χ2n) is 4.80. The fourth-order valence-corrected chi connectivity index (χ4v) is 2.27. The molecule has 0 aliphatic rings. The minimum absolute atomic E-state index is 0.215. The van der Waals surface area contributed by atoms with Crippen molar-refractivity contribution in [2.24, 2.45) is 0 Å². The highest BCUT2D eigenvalue weighted by Crippen LogP contribution is 2.27. The normalized spacial score (nSPS) is 10.5. The number of halogens is 1. The van der Waals surface area contributed by atoms with Crippen molar-refractivity contribution >= 4 is 23.2 Å². The first-order valence-corrected chi connectivity index (χ1v) is 7.23. The Balaban J connectivity index is 1.70. The highest BCUT2D eigenvalue weighted by atomic mass is 35.5. The molecule has 0 aliphatic carbocycles. The molecular weight excluding hydrogens is 318 g/mol. The average Bonchev–Trinajstić information content (AvgIpc) is 3.21. The maximum atomic E-state index is 12.2. The van der Waals surface area contributed by atoms with Crippen molar-refractivity contribution in [3.8, 4) is 5.75 Å². The second-order valence-corrected chi connectivity index (χ2v) is 5.21. The Morgan fingerprint density at radius 3 is 2.96 bits per heavy atom. The van der Waals surface area contributed by atoms with E-state index in [-0.39, 0.29) is 11.7 Å². The van der Waals surface area contributed by atoms with Crippen molar-refractivity contribution in [2.75, 3.05) is 12.4 Å². The predicted molar refractivity (Wildman–Crippen MR) is 86.0 cm³/mol. The number of imidazole rings is 1. The summed E-state index contributed by atoms with van der Waals surface area (Å²) >= 11 is 6.10. The van der Waals surface area contributed by atoms with E-state index >= 15 is 0 Å². The molecule has 1 amide bonds. The van der Waals surface area contributed by atoms with Crippen LogP contribution in [0.25, 0.3) is 0 Å². The van der Waals surface area contributed by atoms with Crippen molar-refractivity contribution in [3.05, 3.63) is 65.6 Å². The van der Waals surface area contributed by atoms with Gasteiger partial charge < -0.3 is 19.0 Å². The Bertz CT molecular complexity index is 812. The number of hydrogen-bond donors (Lipinski definition) is 1. The van der Waals surface area contributed by atoms with Crippen molar-refractivity contribution in [2.45, 2.75) is 6.54 Å². The maximum Gasteiger partial charge on any atom is 0.291 e. The molecule has 1 aromatic carbocycles. The molecule has 3 rings (SSSR count). The highest BCUT2D eigenvalue weighted by molar-refractivity contribution is 6.34. The van der Waals surface area contributed by atoms with E-state index in [2.05, 4.69) is 10.3 Å². The zero-order valence-corrected chi connectivity index (χ0v) is 13.1. The fourth-order valence-electron chi connectivity index (χ4n) is 2.05. The number of furan rings is 1. The molecule has 1 N–H and O–H groups in total. The predicted octanol–water partition coefficient (Wildman–Crippen LogP) is 3.44. The van der Waals surface area contributed by atoms with Crippen molar-refractivity contribution < 1.29 is 13.9 Å². The number of carbonyl (C=O) groups excluding carboxylic acids is 1. The van der Waals surface area contributed by atoms with Crippen LogP contribution in [-0.2, 0) is 6.54 Å². The summed E-state index contributed by atoms with van der Waals surface area (Å²) in [4.78, 5) is 16.2. The van der Waals surface area contributed by atoms with E-state index in [9.17, 15) is 4.79 Å². The molecule has 0 atom stereocenters. The van der Waals surface area contributed by atoms with E-state index in [1.807, 2.05) is 10.8 Å². The molecule has 23 heavy (non-hydrogen) atoms. The number of ether oxygens (including phenoxy) is 1. The Labute approximate surface area is 137 Å². The molecule has 0 radical (unpaired) electrons. The number of amides is 1. The monoisotopic (exact) mass is 331 g/mol. The van der Waals surface area contributed by atoms with E-state index in [1.54, 1.807) is 50.0 Å². The summed E-state index contributed by atoms with van der Waals surface area (Å²) in [7, 11) is 1.55. The smallest absolute Gasteiger partial charge is 0.291 e. The van der Waals surface area contributed by atoms with Gasteiger partial charge in [-0.2, -0.15) is 0 Å². The van der Waals surface area contributed by atoms with Gasteiger partial charge in [0.15, 0.2) is 5.76 Å². The summed E-state index contributed by atoms with van der Waals surface area (Å²) in [6, 6.07) is 8.40. The summed E-state index contributed by atoms with van der Waals surface area (Å²) in [6.07, 6.45) is 5.18. The third kappa shape index (κ3) is 3.54. The third-order valence-corrected chi connectivity index (χ3v) is 3.52. The first kappa shape index (κ1) is 15.2. The Morgan fingerprint density at radius 2 is 2.26 bits per heavy atom. The Kier molecular flexibility index (Phi) is 4.34. The summed E-state index contributed by atoms with van der Waals surface area (Å²) in [5.41, 5.74) is 0.491. The Morgan fingerprint density at radius 1 is 1.39 bits per heavy atom. The summed E-state index contributed by atoms with van der Waals surface area (Å²) in [5.74, 6) is 1.13. The lowest BCUT2D eigenvalue weighted by atomic mass is 10.3. The molecule has 0 fully saturated rings. The van der Waals surface area contributed by atoms with E-state index in [1.165, 1.54) is 0 Å². The van der Waals surface area contributed by atoms with Crippen molar-refractivity contribution in [1.29, 1.82) is 0 Å². The molecule has 0 spiro atoms. The molecule has 3 aromatic rings. The number of carbonyl (C=O) groups is 1. The zero-order chi connectivity index (χ0) is 16.2. The van der Waals surface area contributed by atoms with Gasteiger partial charge in [-0.1, -0.05) is 11.6 Å². The quantitative estimate of drug-likeness (QED) is 0.777. The second kappa shape index (κ2) is 6.58. The number of nitrogens with zero attached hydrogens (tertiary/aromatic N) is 2. The van der Waals surface area contributed by atoms with Gasteiger partial charge in [-0.25, -0.2) is 4.98 Å². The molecular formula is C16H14ClN3O3. The molecule has 0 aliphatic heterocycles. The van der Waals surface area contributed by atoms with Crippen LogP contribution in [0.1, 0.15) is 16.3 Å². The van der Waals surface area contributed by atoms with Crippen molar-refractivity contribution in [1.82, 2.24) is 9.55 Å². The lowest BCUT2D eigenvalue weighted by Crippen LogP contribution is -2.11. The number of benzene rings is 1. The number of hydrogen-bond acceptors (Lipinski definition) is 4. The summed E-state index contributed by atoms with van der Waals surface area (Å²) in [5, 5.41) is 3.10. The van der Waals surface area contributed by atoms with Crippen LogP contribution in [0.15, 0.2) is 53.5 Å². The van der Waals surface area contributed by atoms with Gasteiger partial charge in [0.05, 0.1) is 30.7 Å². The topological polar surface area (TPSA) is 69.3 Å². The van der Waals surface area contributed by atoms with Gasteiger partial charge in [-0.05, 0) is 24.3 Å². The lowest BCUT2D eigenvalue weighted by molar-refractivity contribution is 0.0994. The molecule has 7 heteroatoms. The molecule has 0 saturated heterocycles. The highest BCUT2D eigenvalue weighted by Gasteiger charge is 2.13. The summed E-state index contributed by atoms with van der Waals surface area (Å²) < 4.78 is 12.5. The first-order valence-electron chi connectivity index (χ1n) is 6.85. The molecule has 118 valence electrons. The van der Waals surface area contributed by atoms with Gasteiger partial charge in [-0.15, -0.1) is 0 Å². The number of aromatic nitrogens is 2. The van der Waals surface area contributed by atoms with Gasteiger partial charge >= 0.3 is 0 Å². The van der Waals surface area contributed by atoms with Crippen LogP contribution in [0, 0.1) is 0 Å². The van der Waals surface area contributed by atoms with Gasteiger partial charge in [0.1, 0.15) is 11.5 Å². The average molecular weight is 332 g/mol. The van der Waals surface area contributed by atoms with Crippen LogP contribution in [0.4, 0.5) is 5.69 Å². The van der Waals surface area contributed by atoms with E-state index < -0.39 is 0 Å². The van der Waals surface area contributed by atoms with E-state index in [0.29, 0.717) is 28.8 Å². The third-order valence-electron chi connectivity index (χ3n) is 3.21. The number of methoxy groups -OCH3 is 1. The number of nitrogens with one attached hydrogen (secondary N) is 1. The van der Waals surface area contributed by atoms with Crippen LogP contribution in [0.2, 0.25) is 5.02 Å². The Hall–Kier alpha value is -2.73. The largest absolute Gasteiger partial charge is 0.497 e. The van der Waals surface area contributed by atoms with Gasteiger partial charge in [0.25, 0.3) is 5.91 Å². The standard InChI is InChI=1S/C16H14ClN3O3/c1-22-11-2-4-14(13(17)8-11)19-16(21)15-5-3-12(23-15)9-20-7-6-18-10-20/h2-8,10H,9H2,1H3,(H,19,21). The van der Waals surface area contributed by atoms with Gasteiger partial charge in [0.2, 0.25) is 0 Å². The SMILES string of the molecule is COc1ccc(NC(=O)c2ccc(Cn3ccnc3)o2)c(Cl)c1. The molecule has 0 unspecified atom stereocenters. The van der Waals surface area contributed by atoms with E-state index in [4.69, 9.17) is 20.8 Å².